The molecule has 136 valence electrons. The van der Waals surface area contributed by atoms with Crippen LogP contribution in [0.15, 0.2) is 24.3 Å². The summed E-state index contributed by atoms with van der Waals surface area (Å²) in [4.78, 5) is 11.6. The Bertz CT molecular complexity index is 656. The topological polar surface area (TPSA) is 75.7 Å². The van der Waals surface area contributed by atoms with Crippen molar-refractivity contribution >= 4 is 27.7 Å². The van der Waals surface area contributed by atoms with Crippen LogP contribution < -0.4 is 5.32 Å². The molecular formula is C16H25ClN2O4S. The maximum absolute atomic E-state index is 11.9. The molecule has 0 bridgehead atoms. The minimum absolute atomic E-state index is 0.178. The van der Waals surface area contributed by atoms with E-state index in [4.69, 9.17) is 16.3 Å². The second-order valence-corrected chi connectivity index (χ2v) is 8.89. The van der Waals surface area contributed by atoms with Gasteiger partial charge in [-0.2, -0.15) is 0 Å². The molecule has 6 nitrogen and oxygen atoms in total. The lowest BCUT2D eigenvalue weighted by Crippen LogP contribution is -2.40. The summed E-state index contributed by atoms with van der Waals surface area (Å²) >= 11 is 5.93. The zero-order valence-electron chi connectivity index (χ0n) is 14.5. The molecule has 1 N–H and O–H groups in total. The Labute approximate surface area is 149 Å². The molecule has 0 unspecified atom stereocenters. The van der Waals surface area contributed by atoms with Gasteiger partial charge in [-0.3, -0.25) is 0 Å². The Hall–Kier alpha value is -1.31. The fourth-order valence-corrected chi connectivity index (χ4v) is 3.05. The summed E-state index contributed by atoms with van der Waals surface area (Å²) in [6.45, 7) is 5.96. The number of carbonyl (C=O) groups is 1. The van der Waals surface area contributed by atoms with Crippen molar-refractivity contribution in [3.8, 4) is 0 Å². The molecule has 1 aromatic carbocycles. The number of carbonyl (C=O) groups excluding carboxylic acids is 1. The van der Waals surface area contributed by atoms with E-state index in [1.165, 1.54) is 4.31 Å². The van der Waals surface area contributed by atoms with Crippen molar-refractivity contribution in [3.05, 3.63) is 34.9 Å². The average molecular weight is 377 g/mol. The predicted octanol–water partition coefficient (Wildman–Crippen LogP) is 2.67. The van der Waals surface area contributed by atoms with Gasteiger partial charge in [-0.05, 0) is 44.9 Å². The number of amides is 1. The minimum atomic E-state index is -3.37. The number of sulfonamides is 1. The molecule has 0 radical (unpaired) electrons. The number of rotatable bonds is 7. The molecule has 0 spiro atoms. The van der Waals surface area contributed by atoms with Crippen molar-refractivity contribution in [2.75, 3.05) is 25.9 Å². The first-order valence-electron chi connectivity index (χ1n) is 7.64. The Kier molecular flexibility index (Phi) is 7.51. The molecule has 0 saturated carbocycles. The maximum Gasteiger partial charge on any atom is 0.407 e. The lowest BCUT2D eigenvalue weighted by Gasteiger charge is -2.22. The van der Waals surface area contributed by atoms with Gasteiger partial charge in [0.05, 0.1) is 6.26 Å². The normalized spacial score (nSPS) is 12.2. The van der Waals surface area contributed by atoms with Crippen LogP contribution >= 0.6 is 11.6 Å². The molecule has 0 atom stereocenters. The van der Waals surface area contributed by atoms with Gasteiger partial charge in [0.25, 0.3) is 0 Å². The Morgan fingerprint density at radius 1 is 1.29 bits per heavy atom. The zero-order chi connectivity index (χ0) is 18.4. The molecule has 0 fully saturated rings. The smallest absolute Gasteiger partial charge is 0.407 e. The Balaban J connectivity index is 2.53. The third-order valence-corrected chi connectivity index (χ3v) is 4.58. The predicted molar refractivity (Wildman–Crippen MR) is 95.8 cm³/mol. The number of hydrogen-bond donors (Lipinski definition) is 1. The molecule has 24 heavy (non-hydrogen) atoms. The fourth-order valence-electron chi connectivity index (χ4n) is 1.99. The molecule has 0 aliphatic rings. The lowest BCUT2D eigenvalue weighted by molar-refractivity contribution is 0.0525. The summed E-state index contributed by atoms with van der Waals surface area (Å²) in [6, 6.07) is 7.29. The summed E-state index contributed by atoms with van der Waals surface area (Å²) in [5.74, 6) is 0. The fraction of sp³-hybridized carbons (Fsp3) is 0.562. The second kappa shape index (κ2) is 8.69. The first-order chi connectivity index (χ1) is 11.0. The van der Waals surface area contributed by atoms with Crippen LogP contribution in [0.2, 0.25) is 5.02 Å². The molecule has 0 aliphatic carbocycles. The van der Waals surface area contributed by atoms with Crippen molar-refractivity contribution < 1.29 is 17.9 Å². The number of halogens is 1. The van der Waals surface area contributed by atoms with Crippen molar-refractivity contribution in [1.29, 1.82) is 0 Å². The van der Waals surface area contributed by atoms with Crippen molar-refractivity contribution in [3.63, 3.8) is 0 Å². The van der Waals surface area contributed by atoms with Gasteiger partial charge in [0.1, 0.15) is 5.60 Å². The van der Waals surface area contributed by atoms with E-state index in [-0.39, 0.29) is 13.1 Å². The molecule has 8 heteroatoms. The van der Waals surface area contributed by atoms with Gasteiger partial charge in [-0.1, -0.05) is 23.7 Å². The highest BCUT2D eigenvalue weighted by Gasteiger charge is 2.18. The number of nitrogens with zero attached hydrogens (tertiary/aromatic N) is 1. The number of ether oxygens (including phenoxy) is 1. The molecular weight excluding hydrogens is 352 g/mol. The summed E-state index contributed by atoms with van der Waals surface area (Å²) in [7, 11) is -3.37. The molecule has 1 amide bonds. The van der Waals surface area contributed by atoms with Crippen molar-refractivity contribution in [1.82, 2.24) is 9.62 Å². The summed E-state index contributed by atoms with van der Waals surface area (Å²) < 4.78 is 30.2. The Morgan fingerprint density at radius 2 is 1.96 bits per heavy atom. The molecule has 1 rings (SSSR count). The van der Waals surface area contributed by atoms with E-state index in [9.17, 15) is 13.2 Å². The SMILES string of the molecule is CC(C)(C)OC(=O)NCCN(CCc1cccc(Cl)c1)S(C)(=O)=O. The van der Waals surface area contributed by atoms with Crippen LogP contribution in [-0.2, 0) is 21.2 Å². The van der Waals surface area contributed by atoms with Gasteiger partial charge in [-0.25, -0.2) is 17.5 Å². The van der Waals surface area contributed by atoms with E-state index in [1.54, 1.807) is 32.9 Å². The third kappa shape index (κ3) is 8.52. The maximum atomic E-state index is 11.9. The van der Waals surface area contributed by atoms with E-state index >= 15 is 0 Å². The van der Waals surface area contributed by atoms with Crippen LogP contribution in [0.3, 0.4) is 0 Å². The van der Waals surface area contributed by atoms with E-state index in [0.717, 1.165) is 11.8 Å². The van der Waals surface area contributed by atoms with Gasteiger partial charge in [0.2, 0.25) is 10.0 Å². The quantitative estimate of drug-likeness (QED) is 0.793. The van der Waals surface area contributed by atoms with Crippen LogP contribution in [0, 0.1) is 0 Å². The van der Waals surface area contributed by atoms with Crippen LogP contribution in [0.25, 0.3) is 0 Å². The van der Waals surface area contributed by atoms with Gasteiger partial charge in [-0.15, -0.1) is 0 Å². The van der Waals surface area contributed by atoms with Crippen LogP contribution in [0.1, 0.15) is 26.3 Å². The molecule has 0 heterocycles. The van der Waals surface area contributed by atoms with Crippen molar-refractivity contribution in [2.24, 2.45) is 0 Å². The summed E-state index contributed by atoms with van der Waals surface area (Å²) in [6.07, 6.45) is 1.13. The van der Waals surface area contributed by atoms with Crippen molar-refractivity contribution in [2.45, 2.75) is 32.8 Å². The number of nitrogens with one attached hydrogen (secondary N) is 1. The number of hydrogen-bond acceptors (Lipinski definition) is 4. The van der Waals surface area contributed by atoms with Crippen LogP contribution in [0.4, 0.5) is 4.79 Å². The molecule has 0 saturated heterocycles. The molecule has 0 aliphatic heterocycles. The number of alkyl carbamates (subject to hydrolysis) is 1. The summed E-state index contributed by atoms with van der Waals surface area (Å²) in [5, 5.41) is 3.18. The van der Waals surface area contributed by atoms with E-state index in [0.29, 0.717) is 18.0 Å². The number of benzene rings is 1. The highest BCUT2D eigenvalue weighted by atomic mass is 35.5. The van der Waals surface area contributed by atoms with Gasteiger partial charge in [0.15, 0.2) is 0 Å². The second-order valence-electron chi connectivity index (χ2n) is 6.47. The zero-order valence-corrected chi connectivity index (χ0v) is 16.1. The lowest BCUT2D eigenvalue weighted by atomic mass is 10.1. The molecule has 0 aromatic heterocycles. The monoisotopic (exact) mass is 376 g/mol. The first-order valence-corrected chi connectivity index (χ1v) is 9.86. The highest BCUT2D eigenvalue weighted by molar-refractivity contribution is 7.88. The Morgan fingerprint density at radius 3 is 2.50 bits per heavy atom. The minimum Gasteiger partial charge on any atom is -0.444 e. The third-order valence-electron chi connectivity index (χ3n) is 3.04. The van der Waals surface area contributed by atoms with Gasteiger partial charge in [0, 0.05) is 24.7 Å². The van der Waals surface area contributed by atoms with Gasteiger partial charge >= 0.3 is 6.09 Å². The standard InChI is InChI=1S/C16H25ClN2O4S/c1-16(2,3)23-15(20)18-9-11-19(24(4,21)22)10-8-13-6-5-7-14(17)12-13/h5-7,12H,8-11H2,1-4H3,(H,18,20). The van der Waals surface area contributed by atoms with E-state index in [1.807, 2.05) is 12.1 Å². The van der Waals surface area contributed by atoms with Crippen LogP contribution in [0.5, 0.6) is 0 Å². The van der Waals surface area contributed by atoms with Gasteiger partial charge < -0.3 is 10.1 Å². The average Bonchev–Trinajstić information content (AvgIpc) is 2.39. The highest BCUT2D eigenvalue weighted by Crippen LogP contribution is 2.12. The molecule has 1 aromatic rings. The first kappa shape index (κ1) is 20.7. The van der Waals surface area contributed by atoms with E-state index < -0.39 is 21.7 Å². The largest absolute Gasteiger partial charge is 0.444 e. The van der Waals surface area contributed by atoms with Crippen LogP contribution in [-0.4, -0.2) is 50.3 Å². The van der Waals surface area contributed by atoms with E-state index in [2.05, 4.69) is 5.32 Å². The summed E-state index contributed by atoms with van der Waals surface area (Å²) in [5.41, 5.74) is 0.365.